The molecule has 0 bridgehead atoms. The first-order chi connectivity index (χ1) is 10.7. The maximum Gasteiger partial charge on any atom is 0.226 e. The number of amides is 1. The Labute approximate surface area is 132 Å². The number of likely N-dealkylation sites (tertiary alicyclic amines) is 1. The SMILES string of the molecule is Cn1cc([C@@H]2C[C@@H]2C(=O)N2CCC[C@@H]2C2CCCCC2)cn1. The Morgan fingerprint density at radius 1 is 1.18 bits per heavy atom. The number of carbonyl (C=O) groups excluding carboxylic acids is 1. The number of carbonyl (C=O) groups is 1. The zero-order chi connectivity index (χ0) is 15.1. The smallest absolute Gasteiger partial charge is 0.226 e. The van der Waals surface area contributed by atoms with Gasteiger partial charge in [0, 0.05) is 31.7 Å². The van der Waals surface area contributed by atoms with Crippen LogP contribution in [0.3, 0.4) is 0 Å². The summed E-state index contributed by atoms with van der Waals surface area (Å²) in [7, 11) is 1.95. The van der Waals surface area contributed by atoms with Crippen LogP contribution in [0.1, 0.15) is 62.8 Å². The fourth-order valence-electron chi connectivity index (χ4n) is 4.76. The molecule has 4 heteroatoms. The van der Waals surface area contributed by atoms with E-state index in [2.05, 4.69) is 16.2 Å². The van der Waals surface area contributed by atoms with Gasteiger partial charge >= 0.3 is 0 Å². The van der Waals surface area contributed by atoms with Crippen molar-refractivity contribution < 1.29 is 4.79 Å². The first-order valence-electron chi connectivity index (χ1n) is 9.03. The normalized spacial score (nSPS) is 32.4. The molecule has 120 valence electrons. The summed E-state index contributed by atoms with van der Waals surface area (Å²) in [6.07, 6.45) is 14.3. The highest BCUT2D eigenvalue weighted by atomic mass is 16.2. The van der Waals surface area contributed by atoms with Gasteiger partial charge in [0.1, 0.15) is 0 Å². The van der Waals surface area contributed by atoms with Gasteiger partial charge < -0.3 is 4.90 Å². The van der Waals surface area contributed by atoms with Crippen LogP contribution in [-0.2, 0) is 11.8 Å². The van der Waals surface area contributed by atoms with E-state index in [-0.39, 0.29) is 5.92 Å². The average Bonchev–Trinajstić information content (AvgIpc) is 2.98. The van der Waals surface area contributed by atoms with E-state index in [1.807, 2.05) is 17.9 Å². The molecule has 0 N–H and O–H groups in total. The van der Waals surface area contributed by atoms with Crippen LogP contribution < -0.4 is 0 Å². The van der Waals surface area contributed by atoms with Crippen LogP contribution >= 0.6 is 0 Å². The summed E-state index contributed by atoms with van der Waals surface area (Å²) < 4.78 is 1.84. The van der Waals surface area contributed by atoms with Crippen LogP contribution in [0.5, 0.6) is 0 Å². The minimum atomic E-state index is 0.230. The molecule has 1 aliphatic heterocycles. The zero-order valence-corrected chi connectivity index (χ0v) is 13.6. The molecule has 1 aromatic heterocycles. The van der Waals surface area contributed by atoms with Gasteiger partial charge in [-0.2, -0.15) is 5.10 Å². The third-order valence-electron chi connectivity index (χ3n) is 6.04. The standard InChI is InChI=1S/C18H27N3O/c1-20-12-14(11-19-20)15-10-16(15)18(22)21-9-5-8-17(21)13-6-3-2-4-7-13/h11-13,15-17H,2-10H2,1H3/t15-,16-,17+/m0/s1. The van der Waals surface area contributed by atoms with Crippen molar-refractivity contribution >= 4 is 5.91 Å². The Morgan fingerprint density at radius 3 is 2.73 bits per heavy atom. The van der Waals surface area contributed by atoms with Gasteiger partial charge in [0.05, 0.1) is 6.20 Å². The van der Waals surface area contributed by atoms with Crippen LogP contribution in [0, 0.1) is 11.8 Å². The highest BCUT2D eigenvalue weighted by Gasteiger charge is 2.48. The van der Waals surface area contributed by atoms with Crippen LogP contribution in [0.25, 0.3) is 0 Å². The van der Waals surface area contributed by atoms with E-state index >= 15 is 0 Å². The Hall–Kier alpha value is -1.32. The largest absolute Gasteiger partial charge is 0.339 e. The molecule has 4 nitrogen and oxygen atoms in total. The summed E-state index contributed by atoms with van der Waals surface area (Å²) >= 11 is 0. The summed E-state index contributed by atoms with van der Waals surface area (Å²) in [5.41, 5.74) is 1.24. The van der Waals surface area contributed by atoms with Crippen molar-refractivity contribution in [2.75, 3.05) is 6.54 Å². The van der Waals surface area contributed by atoms with E-state index in [9.17, 15) is 4.79 Å². The van der Waals surface area contributed by atoms with E-state index in [4.69, 9.17) is 0 Å². The van der Waals surface area contributed by atoms with Gasteiger partial charge in [0.25, 0.3) is 0 Å². The second-order valence-electron chi connectivity index (χ2n) is 7.54. The fourth-order valence-corrected chi connectivity index (χ4v) is 4.76. The Bertz CT molecular complexity index is 546. The molecule has 1 amide bonds. The second-order valence-corrected chi connectivity index (χ2v) is 7.54. The van der Waals surface area contributed by atoms with Gasteiger partial charge in [-0.1, -0.05) is 19.3 Å². The maximum atomic E-state index is 12.9. The van der Waals surface area contributed by atoms with Crippen LogP contribution in [0.15, 0.2) is 12.4 Å². The van der Waals surface area contributed by atoms with Crippen molar-refractivity contribution in [1.82, 2.24) is 14.7 Å². The molecule has 1 aromatic rings. The second kappa shape index (κ2) is 5.71. The Morgan fingerprint density at radius 2 is 2.00 bits per heavy atom. The number of aryl methyl sites for hydroxylation is 1. The van der Waals surface area contributed by atoms with E-state index < -0.39 is 0 Å². The molecule has 3 atom stereocenters. The maximum absolute atomic E-state index is 12.9. The molecule has 0 spiro atoms. The van der Waals surface area contributed by atoms with Crippen molar-refractivity contribution in [1.29, 1.82) is 0 Å². The highest BCUT2D eigenvalue weighted by molar-refractivity contribution is 5.83. The van der Waals surface area contributed by atoms with Crippen molar-refractivity contribution in [3.8, 4) is 0 Å². The molecule has 1 saturated heterocycles. The molecule has 4 rings (SSSR count). The molecule has 2 aliphatic carbocycles. The molecule has 2 heterocycles. The predicted octanol–water partition coefficient (Wildman–Crippen LogP) is 3.09. The lowest BCUT2D eigenvalue weighted by Gasteiger charge is -2.34. The quantitative estimate of drug-likeness (QED) is 0.860. The average molecular weight is 301 g/mol. The molecule has 0 unspecified atom stereocenters. The summed E-state index contributed by atoms with van der Waals surface area (Å²) in [5.74, 6) is 1.86. The van der Waals surface area contributed by atoms with Crippen molar-refractivity contribution in [2.24, 2.45) is 18.9 Å². The summed E-state index contributed by atoms with van der Waals surface area (Å²) in [5, 5.41) is 4.25. The van der Waals surface area contributed by atoms with Gasteiger partial charge in [-0.05, 0) is 49.5 Å². The Kier molecular flexibility index (Phi) is 3.71. The third kappa shape index (κ3) is 2.57. The predicted molar refractivity (Wildman–Crippen MR) is 85.4 cm³/mol. The fraction of sp³-hybridized carbons (Fsp3) is 0.778. The van der Waals surface area contributed by atoms with E-state index in [0.29, 0.717) is 17.9 Å². The Balaban J connectivity index is 1.41. The molecular formula is C18H27N3O. The zero-order valence-electron chi connectivity index (χ0n) is 13.6. The lowest BCUT2D eigenvalue weighted by Crippen LogP contribution is -2.41. The number of hydrogen-bond acceptors (Lipinski definition) is 2. The molecular weight excluding hydrogens is 274 g/mol. The van der Waals surface area contributed by atoms with Crippen LogP contribution in [0.2, 0.25) is 0 Å². The third-order valence-corrected chi connectivity index (χ3v) is 6.04. The number of rotatable bonds is 3. The number of aromatic nitrogens is 2. The lowest BCUT2D eigenvalue weighted by atomic mass is 9.83. The first-order valence-corrected chi connectivity index (χ1v) is 9.03. The van der Waals surface area contributed by atoms with Gasteiger partial charge in [-0.15, -0.1) is 0 Å². The minimum absolute atomic E-state index is 0.230. The molecule has 0 radical (unpaired) electrons. The van der Waals surface area contributed by atoms with Gasteiger partial charge in [-0.25, -0.2) is 0 Å². The summed E-state index contributed by atoms with van der Waals surface area (Å²) in [6.45, 7) is 0.996. The molecule has 22 heavy (non-hydrogen) atoms. The topological polar surface area (TPSA) is 38.1 Å². The highest BCUT2D eigenvalue weighted by Crippen LogP contribution is 2.49. The van der Waals surface area contributed by atoms with Crippen LogP contribution in [-0.4, -0.2) is 33.2 Å². The van der Waals surface area contributed by atoms with E-state index in [1.165, 1.54) is 50.5 Å². The van der Waals surface area contributed by atoms with Gasteiger partial charge in [0.15, 0.2) is 0 Å². The van der Waals surface area contributed by atoms with Crippen molar-refractivity contribution in [2.45, 2.75) is 63.3 Å². The van der Waals surface area contributed by atoms with Crippen molar-refractivity contribution in [3.05, 3.63) is 18.0 Å². The molecule has 0 aromatic carbocycles. The monoisotopic (exact) mass is 301 g/mol. The number of nitrogens with zero attached hydrogens (tertiary/aromatic N) is 3. The first kappa shape index (κ1) is 14.3. The van der Waals surface area contributed by atoms with Crippen molar-refractivity contribution in [3.63, 3.8) is 0 Å². The molecule has 2 saturated carbocycles. The minimum Gasteiger partial charge on any atom is -0.339 e. The molecule has 3 aliphatic rings. The summed E-state index contributed by atoms with van der Waals surface area (Å²) in [6, 6.07) is 0.544. The van der Waals surface area contributed by atoms with E-state index in [1.54, 1.807) is 0 Å². The lowest BCUT2D eigenvalue weighted by molar-refractivity contribution is -0.134. The molecule has 3 fully saturated rings. The van der Waals surface area contributed by atoms with E-state index in [0.717, 1.165) is 18.9 Å². The van der Waals surface area contributed by atoms with Gasteiger partial charge in [0.2, 0.25) is 5.91 Å². The van der Waals surface area contributed by atoms with Gasteiger partial charge in [-0.3, -0.25) is 9.48 Å². The summed E-state index contributed by atoms with van der Waals surface area (Å²) in [4.78, 5) is 15.2. The van der Waals surface area contributed by atoms with Crippen LogP contribution in [0.4, 0.5) is 0 Å². The number of hydrogen-bond donors (Lipinski definition) is 0.